The second-order valence-electron chi connectivity index (χ2n) is 5.06. The zero-order chi connectivity index (χ0) is 14.5. The van der Waals surface area contributed by atoms with E-state index in [-0.39, 0.29) is 18.6 Å². The lowest BCUT2D eigenvalue weighted by molar-refractivity contribution is -0.142. The predicted octanol–water partition coefficient (Wildman–Crippen LogP) is 2.97. The van der Waals surface area contributed by atoms with Crippen molar-refractivity contribution in [2.45, 2.75) is 31.9 Å². The van der Waals surface area contributed by atoms with Gasteiger partial charge in [-0.25, -0.2) is 0 Å². The summed E-state index contributed by atoms with van der Waals surface area (Å²) in [4.78, 5) is 13.1. The van der Waals surface area contributed by atoms with E-state index in [0.717, 1.165) is 18.0 Å². The number of hydrogen-bond donors (Lipinski definition) is 1. The van der Waals surface area contributed by atoms with E-state index < -0.39 is 5.97 Å². The summed E-state index contributed by atoms with van der Waals surface area (Å²) in [6.07, 6.45) is 0.789. The first-order valence-electron chi connectivity index (χ1n) is 6.93. The molecule has 5 heteroatoms. The topological polar surface area (TPSA) is 49.8 Å². The first-order valence-corrected chi connectivity index (χ1v) is 7.31. The van der Waals surface area contributed by atoms with E-state index in [2.05, 4.69) is 17.9 Å². The number of rotatable bonds is 5. The van der Waals surface area contributed by atoms with Crippen LogP contribution in [0.15, 0.2) is 24.3 Å². The highest BCUT2D eigenvalue weighted by atomic mass is 35.5. The molecule has 1 aliphatic rings. The van der Waals surface area contributed by atoms with Crippen LogP contribution in [0.3, 0.4) is 0 Å². The Kier molecular flexibility index (Phi) is 5.40. The molecule has 0 spiro atoms. The van der Waals surface area contributed by atoms with Gasteiger partial charge in [0.05, 0.1) is 19.1 Å². The van der Waals surface area contributed by atoms with Gasteiger partial charge in [-0.1, -0.05) is 30.7 Å². The van der Waals surface area contributed by atoms with E-state index in [1.165, 1.54) is 5.56 Å². The lowest BCUT2D eigenvalue weighted by Crippen LogP contribution is -2.44. The Bertz CT molecular complexity index is 466. The summed E-state index contributed by atoms with van der Waals surface area (Å²) in [5, 5.41) is 9.62. The third-order valence-corrected chi connectivity index (χ3v) is 3.87. The molecule has 2 unspecified atom stereocenters. The fraction of sp³-hybridized carbons (Fsp3) is 0.533. The molecule has 1 saturated heterocycles. The molecule has 1 aromatic rings. The lowest BCUT2D eigenvalue weighted by Gasteiger charge is -2.38. The summed E-state index contributed by atoms with van der Waals surface area (Å²) in [5.41, 5.74) is 1.18. The molecule has 0 radical (unpaired) electrons. The number of carbonyl (C=O) groups is 1. The molecule has 1 heterocycles. The molecule has 4 nitrogen and oxygen atoms in total. The van der Waals surface area contributed by atoms with Gasteiger partial charge in [-0.15, -0.1) is 0 Å². The Labute approximate surface area is 124 Å². The molecule has 20 heavy (non-hydrogen) atoms. The van der Waals surface area contributed by atoms with E-state index in [1.807, 2.05) is 18.2 Å². The molecular formula is C15H20ClNO3. The van der Waals surface area contributed by atoms with Crippen molar-refractivity contribution in [2.24, 2.45) is 0 Å². The summed E-state index contributed by atoms with van der Waals surface area (Å²) < 4.78 is 5.52. The highest BCUT2D eigenvalue weighted by Gasteiger charge is 2.27. The minimum absolute atomic E-state index is 0.0580. The summed E-state index contributed by atoms with van der Waals surface area (Å²) in [6, 6.07) is 8.13. The van der Waals surface area contributed by atoms with E-state index >= 15 is 0 Å². The van der Waals surface area contributed by atoms with Crippen LogP contribution in [0.25, 0.3) is 0 Å². The van der Waals surface area contributed by atoms with Crippen LogP contribution in [0.5, 0.6) is 0 Å². The molecular weight excluding hydrogens is 278 g/mol. The summed E-state index contributed by atoms with van der Waals surface area (Å²) >= 11 is 6.06. The van der Waals surface area contributed by atoms with Gasteiger partial charge in [0.25, 0.3) is 0 Å². The second kappa shape index (κ2) is 7.07. The van der Waals surface area contributed by atoms with Gasteiger partial charge in [0.1, 0.15) is 0 Å². The molecule has 0 aliphatic carbocycles. The first-order chi connectivity index (χ1) is 9.60. The van der Waals surface area contributed by atoms with Gasteiger partial charge in [0, 0.05) is 24.2 Å². The highest BCUT2D eigenvalue weighted by Crippen LogP contribution is 2.28. The first kappa shape index (κ1) is 15.3. The van der Waals surface area contributed by atoms with Crippen LogP contribution in [-0.2, 0) is 9.53 Å². The molecule has 1 N–H and O–H groups in total. The third kappa shape index (κ3) is 3.95. The molecule has 0 bridgehead atoms. The quantitative estimate of drug-likeness (QED) is 0.908. The predicted molar refractivity (Wildman–Crippen MR) is 78.0 cm³/mol. The fourth-order valence-electron chi connectivity index (χ4n) is 2.76. The van der Waals surface area contributed by atoms with Crippen molar-refractivity contribution in [1.29, 1.82) is 0 Å². The zero-order valence-electron chi connectivity index (χ0n) is 11.6. The monoisotopic (exact) mass is 297 g/mol. The summed E-state index contributed by atoms with van der Waals surface area (Å²) in [6.45, 7) is 4.18. The third-order valence-electron chi connectivity index (χ3n) is 3.63. The Morgan fingerprint density at radius 2 is 2.40 bits per heavy atom. The van der Waals surface area contributed by atoms with Crippen molar-refractivity contribution in [3.8, 4) is 0 Å². The van der Waals surface area contributed by atoms with E-state index in [4.69, 9.17) is 21.4 Å². The molecule has 0 amide bonds. The Hall–Kier alpha value is -1.10. The van der Waals surface area contributed by atoms with Gasteiger partial charge in [-0.3, -0.25) is 9.69 Å². The number of morpholine rings is 1. The normalized spacial score (nSPS) is 21.6. The Morgan fingerprint density at radius 3 is 3.05 bits per heavy atom. The smallest absolute Gasteiger partial charge is 0.306 e. The Morgan fingerprint density at radius 1 is 1.60 bits per heavy atom. The average molecular weight is 298 g/mol. The number of hydrogen-bond acceptors (Lipinski definition) is 3. The summed E-state index contributed by atoms with van der Waals surface area (Å²) in [5.74, 6) is -0.812. The van der Waals surface area contributed by atoms with Gasteiger partial charge >= 0.3 is 5.97 Å². The zero-order valence-corrected chi connectivity index (χ0v) is 12.3. The van der Waals surface area contributed by atoms with Crippen molar-refractivity contribution in [1.82, 2.24) is 4.90 Å². The maximum absolute atomic E-state index is 10.8. The number of halogens is 1. The SMILES string of the molecule is CCC(c1cccc(Cl)c1)N1CCOC(CC(=O)O)C1. The molecule has 1 fully saturated rings. The van der Waals surface area contributed by atoms with Crippen LogP contribution < -0.4 is 0 Å². The van der Waals surface area contributed by atoms with Gasteiger partial charge in [-0.2, -0.15) is 0 Å². The van der Waals surface area contributed by atoms with Crippen LogP contribution in [0.2, 0.25) is 5.02 Å². The molecule has 0 aromatic heterocycles. The largest absolute Gasteiger partial charge is 0.481 e. The minimum atomic E-state index is -0.812. The number of ether oxygens (including phenoxy) is 1. The molecule has 2 rings (SSSR count). The van der Waals surface area contributed by atoms with Crippen LogP contribution in [0.1, 0.15) is 31.4 Å². The second-order valence-corrected chi connectivity index (χ2v) is 5.50. The van der Waals surface area contributed by atoms with Crippen molar-refractivity contribution in [2.75, 3.05) is 19.7 Å². The fourth-order valence-corrected chi connectivity index (χ4v) is 2.96. The maximum atomic E-state index is 10.8. The van der Waals surface area contributed by atoms with Crippen LogP contribution in [-0.4, -0.2) is 41.8 Å². The van der Waals surface area contributed by atoms with Crippen LogP contribution in [0.4, 0.5) is 0 Å². The molecule has 2 atom stereocenters. The average Bonchev–Trinajstić information content (AvgIpc) is 2.39. The maximum Gasteiger partial charge on any atom is 0.306 e. The minimum Gasteiger partial charge on any atom is -0.481 e. The molecule has 1 aliphatic heterocycles. The van der Waals surface area contributed by atoms with Crippen molar-refractivity contribution >= 4 is 17.6 Å². The number of carboxylic acid groups (broad SMARTS) is 1. The van der Waals surface area contributed by atoms with Crippen molar-refractivity contribution in [3.63, 3.8) is 0 Å². The standard InChI is InChI=1S/C15H20ClNO3/c1-2-14(11-4-3-5-12(16)8-11)17-6-7-20-13(10-17)9-15(18)19/h3-5,8,13-14H,2,6-7,9-10H2,1H3,(H,18,19). The van der Waals surface area contributed by atoms with Gasteiger partial charge in [-0.05, 0) is 24.1 Å². The molecule has 110 valence electrons. The van der Waals surface area contributed by atoms with E-state index in [1.54, 1.807) is 0 Å². The number of aliphatic carboxylic acids is 1. The number of nitrogens with zero attached hydrogens (tertiary/aromatic N) is 1. The highest BCUT2D eigenvalue weighted by molar-refractivity contribution is 6.30. The van der Waals surface area contributed by atoms with E-state index in [9.17, 15) is 4.79 Å². The number of carboxylic acids is 1. The van der Waals surface area contributed by atoms with E-state index in [0.29, 0.717) is 13.2 Å². The van der Waals surface area contributed by atoms with Gasteiger partial charge in [0.2, 0.25) is 0 Å². The van der Waals surface area contributed by atoms with Crippen molar-refractivity contribution in [3.05, 3.63) is 34.9 Å². The van der Waals surface area contributed by atoms with Crippen LogP contribution >= 0.6 is 11.6 Å². The summed E-state index contributed by atoms with van der Waals surface area (Å²) in [7, 11) is 0. The number of benzene rings is 1. The molecule has 1 aromatic carbocycles. The van der Waals surface area contributed by atoms with Crippen molar-refractivity contribution < 1.29 is 14.6 Å². The van der Waals surface area contributed by atoms with Gasteiger partial charge < -0.3 is 9.84 Å². The Balaban J connectivity index is 2.09. The molecule has 0 saturated carbocycles. The van der Waals surface area contributed by atoms with Crippen LogP contribution in [0, 0.1) is 0 Å². The lowest BCUT2D eigenvalue weighted by atomic mass is 10.0. The van der Waals surface area contributed by atoms with Gasteiger partial charge in [0.15, 0.2) is 0 Å².